The number of nitrogens with two attached hydrogens (primary N) is 2. The molecule has 0 saturated heterocycles. The van der Waals surface area contributed by atoms with Crippen LogP contribution >= 0.6 is 34.4 Å². The second-order valence-electron chi connectivity index (χ2n) is 8.57. The van der Waals surface area contributed by atoms with Crippen LogP contribution in [0.4, 0.5) is 11.4 Å². The van der Waals surface area contributed by atoms with Crippen LogP contribution in [0.2, 0.25) is 0 Å². The van der Waals surface area contributed by atoms with Crippen molar-refractivity contribution in [1.82, 2.24) is 20.4 Å². The zero-order valence-electron chi connectivity index (χ0n) is 20.3. The van der Waals surface area contributed by atoms with E-state index in [4.69, 9.17) is 11.5 Å². The summed E-state index contributed by atoms with van der Waals surface area (Å²) in [6.07, 6.45) is 2.90. The second-order valence-corrected chi connectivity index (χ2v) is 12.1. The number of hydrogen-bond acceptors (Lipinski definition) is 11. The fraction of sp³-hybridized carbons (Fsp3) is 0.308. The van der Waals surface area contributed by atoms with Crippen molar-refractivity contribution in [2.75, 3.05) is 23.0 Å². The number of carbonyl (C=O) groups is 2. The van der Waals surface area contributed by atoms with Crippen molar-refractivity contribution >= 4 is 57.4 Å². The van der Waals surface area contributed by atoms with E-state index in [0.29, 0.717) is 37.1 Å². The molecule has 0 aliphatic rings. The molecule has 2 aromatic carbocycles. The maximum atomic E-state index is 12.4. The number of nitrogen functional groups attached to an aromatic ring is 2. The molecule has 0 aliphatic carbocycles. The molecule has 2 aromatic heterocycles. The minimum atomic E-state index is 0.102. The lowest BCUT2D eigenvalue weighted by Crippen LogP contribution is -2.06. The van der Waals surface area contributed by atoms with E-state index in [0.717, 1.165) is 55.5 Å². The lowest BCUT2D eigenvalue weighted by Gasteiger charge is -2.00. The molecule has 4 N–H and O–H groups in total. The normalized spacial score (nSPS) is 11.0. The number of thioether (sulfide) groups is 1. The summed E-state index contributed by atoms with van der Waals surface area (Å²) in [7, 11) is 0. The molecule has 4 rings (SSSR count). The molecule has 0 amide bonds. The largest absolute Gasteiger partial charge is 0.399 e. The molecule has 192 valence electrons. The van der Waals surface area contributed by atoms with Gasteiger partial charge < -0.3 is 11.5 Å². The molecule has 0 saturated carbocycles. The van der Waals surface area contributed by atoms with Crippen LogP contribution in [0.1, 0.15) is 31.2 Å². The number of anilines is 2. The molecule has 0 aliphatic heterocycles. The average molecular weight is 553 g/mol. The van der Waals surface area contributed by atoms with Gasteiger partial charge in [0.15, 0.2) is 0 Å². The van der Waals surface area contributed by atoms with E-state index in [9.17, 15) is 9.59 Å². The predicted molar refractivity (Wildman–Crippen MR) is 151 cm³/mol. The van der Waals surface area contributed by atoms with Gasteiger partial charge in [-0.1, -0.05) is 24.3 Å². The van der Waals surface area contributed by atoms with E-state index in [1.54, 1.807) is 0 Å². The van der Waals surface area contributed by atoms with Gasteiger partial charge in [-0.15, -0.1) is 43.1 Å². The minimum Gasteiger partial charge on any atom is -0.399 e. The molecule has 0 bridgehead atoms. The molecule has 0 unspecified atom stereocenters. The van der Waals surface area contributed by atoms with Gasteiger partial charge in [0.25, 0.3) is 0 Å². The smallest absolute Gasteiger partial charge is 0.144 e. The number of aromatic nitrogens is 4. The van der Waals surface area contributed by atoms with Crippen LogP contribution in [0.5, 0.6) is 0 Å². The molecular formula is C26H28N6O2S3. The standard InChI is InChI=1S/C26H28N6O2S3/c27-19-5-1-3-17(11-19)13-21(33)15-25-31-29-23(36-25)7-9-35-10-8-24-30-32-26(37-24)16-22(34)14-18-4-2-6-20(28)12-18/h1-6,11-12H,7-10,13-16,27-28H2. The third-order valence-electron chi connectivity index (χ3n) is 5.34. The molecule has 0 radical (unpaired) electrons. The Morgan fingerprint density at radius 2 is 1.08 bits per heavy atom. The van der Waals surface area contributed by atoms with Crippen LogP contribution in [-0.2, 0) is 48.1 Å². The van der Waals surface area contributed by atoms with E-state index in [-0.39, 0.29) is 11.6 Å². The highest BCUT2D eigenvalue weighted by Crippen LogP contribution is 2.18. The number of rotatable bonds is 14. The van der Waals surface area contributed by atoms with Gasteiger partial charge in [-0.05, 0) is 46.9 Å². The topological polar surface area (TPSA) is 138 Å². The average Bonchev–Trinajstić information content (AvgIpc) is 3.48. The van der Waals surface area contributed by atoms with Gasteiger partial charge in [0.2, 0.25) is 0 Å². The SMILES string of the molecule is Nc1cccc(CC(=O)Cc2nnc(CCSCCc3nnc(CC(=O)Cc4cccc(N)c4)s3)s2)c1. The number of aryl methyl sites for hydroxylation is 2. The zero-order chi connectivity index (χ0) is 26.0. The van der Waals surface area contributed by atoms with Crippen LogP contribution in [-0.4, -0.2) is 43.5 Å². The van der Waals surface area contributed by atoms with Gasteiger partial charge in [0, 0.05) is 37.1 Å². The zero-order valence-corrected chi connectivity index (χ0v) is 22.7. The summed E-state index contributed by atoms with van der Waals surface area (Å²) in [5, 5.41) is 20.2. The molecule has 8 nitrogen and oxygen atoms in total. The quantitative estimate of drug-likeness (QED) is 0.177. The predicted octanol–water partition coefficient (Wildman–Crippen LogP) is 3.78. The fourth-order valence-corrected chi connectivity index (χ4v) is 6.55. The first-order valence-corrected chi connectivity index (χ1v) is 14.6. The first-order chi connectivity index (χ1) is 17.9. The molecule has 4 aromatic rings. The summed E-state index contributed by atoms with van der Waals surface area (Å²) in [6, 6.07) is 14.8. The van der Waals surface area contributed by atoms with E-state index < -0.39 is 0 Å². The fourth-order valence-electron chi connectivity index (χ4n) is 3.67. The summed E-state index contributed by atoms with van der Waals surface area (Å²) >= 11 is 4.81. The van der Waals surface area contributed by atoms with Gasteiger partial charge in [0.1, 0.15) is 31.6 Å². The van der Waals surface area contributed by atoms with Crippen molar-refractivity contribution in [1.29, 1.82) is 0 Å². The van der Waals surface area contributed by atoms with Gasteiger partial charge >= 0.3 is 0 Å². The van der Waals surface area contributed by atoms with Crippen LogP contribution in [0, 0.1) is 0 Å². The molecule has 2 heterocycles. The van der Waals surface area contributed by atoms with Crippen molar-refractivity contribution < 1.29 is 9.59 Å². The molecule has 37 heavy (non-hydrogen) atoms. The lowest BCUT2D eigenvalue weighted by atomic mass is 10.1. The van der Waals surface area contributed by atoms with Crippen molar-refractivity contribution in [2.24, 2.45) is 0 Å². The first kappa shape index (κ1) is 26.9. The van der Waals surface area contributed by atoms with Crippen molar-refractivity contribution in [3.63, 3.8) is 0 Å². The molecule has 0 fully saturated rings. The van der Waals surface area contributed by atoms with Crippen molar-refractivity contribution in [3.8, 4) is 0 Å². The summed E-state index contributed by atoms with van der Waals surface area (Å²) in [5.41, 5.74) is 14.7. The molecule has 0 atom stereocenters. The second kappa shape index (κ2) is 13.4. The van der Waals surface area contributed by atoms with Crippen molar-refractivity contribution in [3.05, 3.63) is 79.7 Å². The summed E-state index contributed by atoms with van der Waals surface area (Å²) in [5.74, 6) is 2.03. The third-order valence-corrected chi connectivity index (χ3v) is 8.29. The highest BCUT2D eigenvalue weighted by atomic mass is 32.2. The molecular weight excluding hydrogens is 525 g/mol. The maximum absolute atomic E-state index is 12.4. The Balaban J connectivity index is 1.12. The summed E-state index contributed by atoms with van der Waals surface area (Å²) in [4.78, 5) is 24.7. The Morgan fingerprint density at radius 1 is 0.649 bits per heavy atom. The molecule has 11 heteroatoms. The number of carbonyl (C=O) groups excluding carboxylic acids is 2. The lowest BCUT2D eigenvalue weighted by molar-refractivity contribution is -0.118. The third kappa shape index (κ3) is 9.03. The van der Waals surface area contributed by atoms with Crippen LogP contribution in [0.3, 0.4) is 0 Å². The Labute approximate surface area is 227 Å². The van der Waals surface area contributed by atoms with Crippen LogP contribution in [0.15, 0.2) is 48.5 Å². The Bertz CT molecular complexity index is 1250. The van der Waals surface area contributed by atoms with Crippen LogP contribution in [0.25, 0.3) is 0 Å². The van der Waals surface area contributed by atoms with Crippen molar-refractivity contribution in [2.45, 2.75) is 38.5 Å². The van der Waals surface area contributed by atoms with E-state index in [1.165, 1.54) is 22.7 Å². The monoisotopic (exact) mass is 552 g/mol. The van der Waals surface area contributed by atoms with E-state index >= 15 is 0 Å². The summed E-state index contributed by atoms with van der Waals surface area (Å²) in [6.45, 7) is 0. The van der Waals surface area contributed by atoms with Gasteiger partial charge in [-0.2, -0.15) is 11.8 Å². The number of nitrogens with zero attached hydrogens (tertiary/aromatic N) is 4. The Hall–Kier alpha value is -3.15. The number of hydrogen-bond donors (Lipinski definition) is 2. The number of Topliss-reactive ketones (excluding diaryl/α,β-unsaturated/α-hetero) is 2. The Morgan fingerprint density at radius 3 is 1.51 bits per heavy atom. The van der Waals surface area contributed by atoms with Gasteiger partial charge in [-0.25, -0.2) is 0 Å². The summed E-state index contributed by atoms with van der Waals surface area (Å²) < 4.78 is 0. The maximum Gasteiger partial charge on any atom is 0.144 e. The first-order valence-electron chi connectivity index (χ1n) is 11.9. The molecule has 0 spiro atoms. The van der Waals surface area contributed by atoms with Crippen LogP contribution < -0.4 is 11.5 Å². The van der Waals surface area contributed by atoms with E-state index in [1.807, 2.05) is 60.3 Å². The number of benzene rings is 2. The van der Waals surface area contributed by atoms with Gasteiger partial charge in [0.05, 0.1) is 12.8 Å². The minimum absolute atomic E-state index is 0.102. The van der Waals surface area contributed by atoms with E-state index in [2.05, 4.69) is 20.4 Å². The number of ketones is 2. The van der Waals surface area contributed by atoms with Gasteiger partial charge in [-0.3, -0.25) is 9.59 Å². The Kier molecular flexibility index (Phi) is 9.75. The highest BCUT2D eigenvalue weighted by Gasteiger charge is 2.12. The highest BCUT2D eigenvalue weighted by molar-refractivity contribution is 7.99.